The van der Waals surface area contributed by atoms with E-state index in [9.17, 15) is 0 Å². The van der Waals surface area contributed by atoms with Gasteiger partial charge < -0.3 is 14.7 Å². The molecule has 14 aromatic rings. The minimum atomic E-state index is 1.08. The van der Waals surface area contributed by atoms with Crippen molar-refractivity contribution in [2.45, 2.75) is 0 Å². The molecular formula is C78H55N3. The van der Waals surface area contributed by atoms with Crippen LogP contribution < -0.4 is 14.7 Å². The Hall–Kier alpha value is -10.7. The van der Waals surface area contributed by atoms with Crippen LogP contribution in [0.25, 0.3) is 76.8 Å². The maximum atomic E-state index is 2.47. The predicted molar refractivity (Wildman–Crippen MR) is 345 cm³/mol. The minimum Gasteiger partial charge on any atom is -0.311 e. The fourth-order valence-corrected chi connectivity index (χ4v) is 11.9. The quantitative estimate of drug-likeness (QED) is 0.107. The molecule has 0 N–H and O–H groups in total. The van der Waals surface area contributed by atoms with E-state index in [1.165, 1.54) is 54.6 Å². The van der Waals surface area contributed by atoms with E-state index >= 15 is 0 Å². The lowest BCUT2D eigenvalue weighted by molar-refractivity contribution is 1.28. The molecule has 0 atom stereocenters. The summed E-state index contributed by atoms with van der Waals surface area (Å²) in [6.07, 6.45) is 0. The average Bonchev–Trinajstić information content (AvgIpc) is 3.71. The molecule has 81 heavy (non-hydrogen) atoms. The van der Waals surface area contributed by atoms with E-state index in [-0.39, 0.29) is 0 Å². The molecule has 382 valence electrons. The number of fused-ring (bicyclic) bond motifs is 6. The third-order valence-electron chi connectivity index (χ3n) is 15.6. The second-order valence-corrected chi connectivity index (χ2v) is 20.4. The van der Waals surface area contributed by atoms with Gasteiger partial charge in [-0.1, -0.05) is 212 Å². The Morgan fingerprint density at radius 2 is 0.457 bits per heavy atom. The third-order valence-corrected chi connectivity index (χ3v) is 15.6. The summed E-state index contributed by atoms with van der Waals surface area (Å²) in [4.78, 5) is 7.05. The van der Waals surface area contributed by atoms with E-state index in [1.54, 1.807) is 0 Å². The van der Waals surface area contributed by atoms with Crippen molar-refractivity contribution in [1.29, 1.82) is 0 Å². The maximum Gasteiger partial charge on any atom is 0.0468 e. The van der Waals surface area contributed by atoms with Crippen LogP contribution in [-0.4, -0.2) is 0 Å². The second kappa shape index (κ2) is 21.6. The van der Waals surface area contributed by atoms with Crippen LogP contribution >= 0.6 is 0 Å². The molecule has 0 unspecified atom stereocenters. The summed E-state index contributed by atoms with van der Waals surface area (Å²) in [6.45, 7) is 0. The first-order valence-corrected chi connectivity index (χ1v) is 27.7. The zero-order valence-corrected chi connectivity index (χ0v) is 44.6. The first-order chi connectivity index (χ1) is 40.2. The van der Waals surface area contributed by atoms with Crippen LogP contribution in [0.15, 0.2) is 334 Å². The zero-order chi connectivity index (χ0) is 53.9. The van der Waals surface area contributed by atoms with Crippen molar-refractivity contribution in [2.75, 3.05) is 14.7 Å². The van der Waals surface area contributed by atoms with E-state index in [0.29, 0.717) is 0 Å². The first kappa shape index (κ1) is 48.6. The number of rotatable bonds is 13. The Balaban J connectivity index is 1.08. The van der Waals surface area contributed by atoms with Crippen molar-refractivity contribution < 1.29 is 0 Å². The smallest absolute Gasteiger partial charge is 0.0468 e. The molecule has 0 radical (unpaired) electrons. The summed E-state index contributed by atoms with van der Waals surface area (Å²) < 4.78 is 0. The van der Waals surface area contributed by atoms with Crippen molar-refractivity contribution in [3.05, 3.63) is 334 Å². The standard InChI is InChI=1S/C78H55N3/c1-9-25-56(26-10-1)60-45-51-70-74(53-60)75-54-69(81(65-37-21-7-22-38-65)66-39-23-8-24-40-66)50-52-71(75)78-76(59-43-48-68(49-44-59)80(63-33-17-5-18-34-63)64-35-19-6-20-36-64)72(57-27-11-2-12-28-57)55-73(77(70)78)58-41-46-67(47-42-58)79(61-29-13-3-14-30-61)62-31-15-4-16-32-62/h1-55H. The Kier molecular flexibility index (Phi) is 13.0. The molecule has 0 aromatic heterocycles. The molecule has 0 aliphatic carbocycles. The topological polar surface area (TPSA) is 9.72 Å². The Morgan fingerprint density at radius 3 is 0.889 bits per heavy atom. The summed E-state index contributed by atoms with van der Waals surface area (Å²) in [5.41, 5.74) is 19.1. The van der Waals surface area contributed by atoms with Crippen LogP contribution in [-0.2, 0) is 0 Å². The number of hydrogen-bond acceptors (Lipinski definition) is 3. The molecule has 0 amide bonds. The largest absolute Gasteiger partial charge is 0.311 e. The van der Waals surface area contributed by atoms with Gasteiger partial charge >= 0.3 is 0 Å². The first-order valence-electron chi connectivity index (χ1n) is 27.7. The number of hydrogen-bond donors (Lipinski definition) is 0. The van der Waals surface area contributed by atoms with Crippen molar-refractivity contribution >= 4 is 83.5 Å². The van der Waals surface area contributed by atoms with Crippen LogP contribution in [0.4, 0.5) is 51.2 Å². The molecule has 14 aromatic carbocycles. The van der Waals surface area contributed by atoms with Crippen molar-refractivity contribution in [3.63, 3.8) is 0 Å². The molecule has 0 bridgehead atoms. The number of para-hydroxylation sites is 6. The van der Waals surface area contributed by atoms with Gasteiger partial charge in [-0.2, -0.15) is 0 Å². The van der Waals surface area contributed by atoms with Crippen LogP contribution in [0.3, 0.4) is 0 Å². The lowest BCUT2D eigenvalue weighted by Gasteiger charge is -2.27. The van der Waals surface area contributed by atoms with Gasteiger partial charge in [0.15, 0.2) is 0 Å². The van der Waals surface area contributed by atoms with Gasteiger partial charge in [0.2, 0.25) is 0 Å². The molecule has 0 fully saturated rings. The van der Waals surface area contributed by atoms with Crippen molar-refractivity contribution in [3.8, 4) is 44.5 Å². The van der Waals surface area contributed by atoms with Crippen LogP contribution in [0, 0.1) is 0 Å². The third kappa shape index (κ3) is 9.33. The predicted octanol–water partition coefficient (Wildman–Crippen LogP) is 22.2. The summed E-state index contributed by atoms with van der Waals surface area (Å²) in [7, 11) is 0. The molecule has 3 nitrogen and oxygen atoms in total. The molecule has 0 spiro atoms. The second-order valence-electron chi connectivity index (χ2n) is 20.4. The van der Waals surface area contributed by atoms with Gasteiger partial charge in [0.25, 0.3) is 0 Å². The van der Waals surface area contributed by atoms with E-state index in [2.05, 4.69) is 348 Å². The maximum absolute atomic E-state index is 2.47. The highest BCUT2D eigenvalue weighted by Gasteiger charge is 2.25. The zero-order valence-electron chi connectivity index (χ0n) is 44.6. The average molecular weight is 1030 g/mol. The Morgan fingerprint density at radius 1 is 0.160 bits per heavy atom. The molecule has 0 aliphatic heterocycles. The monoisotopic (exact) mass is 1030 g/mol. The molecule has 0 saturated carbocycles. The SMILES string of the molecule is c1ccc(-c2ccc3c(c2)c2cc(N(c4ccccc4)c4ccccc4)ccc2c2c(-c4ccc(N(c5ccccc5)c5ccccc5)cc4)c(-c4ccccc4)cc(-c4ccc(N(c5ccccc5)c5ccccc5)cc4)c32)cc1. The van der Waals surface area contributed by atoms with Crippen LogP contribution in [0.5, 0.6) is 0 Å². The van der Waals surface area contributed by atoms with Gasteiger partial charge in [0, 0.05) is 51.2 Å². The highest BCUT2D eigenvalue weighted by atomic mass is 15.2. The Labute approximate surface area is 473 Å². The lowest BCUT2D eigenvalue weighted by Crippen LogP contribution is -2.09. The van der Waals surface area contributed by atoms with Gasteiger partial charge in [0.05, 0.1) is 0 Å². The summed E-state index contributed by atoms with van der Waals surface area (Å²) in [5, 5.41) is 7.14. The summed E-state index contributed by atoms with van der Waals surface area (Å²) in [6, 6.07) is 121. The number of benzene rings is 14. The summed E-state index contributed by atoms with van der Waals surface area (Å²) in [5.74, 6) is 0. The van der Waals surface area contributed by atoms with Crippen molar-refractivity contribution in [2.24, 2.45) is 0 Å². The molecule has 0 aliphatic rings. The molecule has 0 heterocycles. The van der Waals surface area contributed by atoms with Crippen LogP contribution in [0.2, 0.25) is 0 Å². The van der Waals surface area contributed by atoms with Gasteiger partial charge in [-0.25, -0.2) is 0 Å². The van der Waals surface area contributed by atoms with Gasteiger partial charge in [-0.05, 0) is 198 Å². The van der Waals surface area contributed by atoms with Gasteiger partial charge in [-0.15, -0.1) is 0 Å². The fraction of sp³-hybridized carbons (Fsp3) is 0. The Bertz CT molecular complexity index is 4330. The van der Waals surface area contributed by atoms with E-state index in [4.69, 9.17) is 0 Å². The molecule has 0 saturated heterocycles. The highest BCUT2D eigenvalue weighted by Crippen LogP contribution is 2.52. The molecule has 14 rings (SSSR count). The van der Waals surface area contributed by atoms with Gasteiger partial charge in [0.1, 0.15) is 0 Å². The van der Waals surface area contributed by atoms with Gasteiger partial charge in [-0.3, -0.25) is 0 Å². The molecular weight excluding hydrogens is 979 g/mol. The van der Waals surface area contributed by atoms with Crippen molar-refractivity contribution in [1.82, 2.24) is 0 Å². The van der Waals surface area contributed by atoms with E-state index in [1.807, 2.05) is 0 Å². The molecule has 3 heteroatoms. The fourth-order valence-electron chi connectivity index (χ4n) is 11.9. The van der Waals surface area contributed by atoms with E-state index in [0.717, 1.165) is 73.4 Å². The normalized spacial score (nSPS) is 11.2. The van der Waals surface area contributed by atoms with Crippen LogP contribution in [0.1, 0.15) is 0 Å². The number of nitrogens with zero attached hydrogens (tertiary/aromatic N) is 3. The van der Waals surface area contributed by atoms with E-state index < -0.39 is 0 Å². The lowest BCUT2D eigenvalue weighted by atomic mass is 9.81. The minimum absolute atomic E-state index is 1.08. The summed E-state index contributed by atoms with van der Waals surface area (Å²) >= 11 is 0. The number of anilines is 9. The highest BCUT2D eigenvalue weighted by molar-refractivity contribution is 6.33.